The van der Waals surface area contributed by atoms with E-state index in [1.165, 1.54) is 12.1 Å². The van der Waals surface area contributed by atoms with E-state index in [0.29, 0.717) is 23.6 Å². The molecule has 0 aliphatic carbocycles. The number of amides is 1. The zero-order valence-electron chi connectivity index (χ0n) is 11.4. The number of hydrogen-bond donors (Lipinski definition) is 1. The molecule has 0 atom stereocenters. The first-order chi connectivity index (χ1) is 10.3. The van der Waals surface area contributed by atoms with Crippen molar-refractivity contribution in [1.29, 1.82) is 0 Å². The second-order valence-electron chi connectivity index (χ2n) is 4.28. The molecule has 0 radical (unpaired) electrons. The quantitative estimate of drug-likeness (QED) is 0.629. The Balaban J connectivity index is 1.61. The molecule has 3 nitrogen and oxygen atoms in total. The minimum Gasteiger partial charge on any atom is -0.465 e. The van der Waals surface area contributed by atoms with Crippen LogP contribution in [0.2, 0.25) is 0 Å². The Morgan fingerprint density at radius 2 is 2.14 bits per heavy atom. The van der Waals surface area contributed by atoms with E-state index in [-0.39, 0.29) is 11.7 Å². The Kier molecular flexibility index (Phi) is 6.09. The average molecular weight is 305 g/mol. The summed E-state index contributed by atoms with van der Waals surface area (Å²) >= 11 is 1.58. The van der Waals surface area contributed by atoms with Crippen LogP contribution < -0.4 is 5.32 Å². The number of nitrogens with one attached hydrogen (secondary N) is 1. The lowest BCUT2D eigenvalue weighted by Gasteiger charge is -2.04. The molecule has 0 saturated carbocycles. The van der Waals surface area contributed by atoms with Gasteiger partial charge in [-0.05, 0) is 29.8 Å². The summed E-state index contributed by atoms with van der Waals surface area (Å²) in [4.78, 5) is 11.5. The largest absolute Gasteiger partial charge is 0.465 e. The van der Waals surface area contributed by atoms with Crippen molar-refractivity contribution in [2.45, 2.75) is 5.75 Å². The molecule has 21 heavy (non-hydrogen) atoms. The molecule has 0 bridgehead atoms. The Hall–Kier alpha value is -2.01. The van der Waals surface area contributed by atoms with Crippen LogP contribution in [0, 0.1) is 5.82 Å². The number of carbonyl (C=O) groups excluding carboxylic acids is 1. The number of furan rings is 1. The predicted octanol–water partition coefficient (Wildman–Crippen LogP) is 3.48. The normalized spacial score (nSPS) is 10.9. The first-order valence-corrected chi connectivity index (χ1v) is 7.72. The standard InChI is InChI=1S/C16H16FNO2S/c17-15-6-2-1-4-13(15)12-21-11-9-18-16(19)8-7-14-5-3-10-20-14/h1-8,10H,9,11-12H2,(H,18,19)/b8-7+. The molecule has 1 aromatic heterocycles. The van der Waals surface area contributed by atoms with Gasteiger partial charge in [-0.25, -0.2) is 4.39 Å². The van der Waals surface area contributed by atoms with E-state index in [1.807, 2.05) is 6.07 Å². The van der Waals surface area contributed by atoms with Crippen molar-refractivity contribution in [2.24, 2.45) is 0 Å². The van der Waals surface area contributed by atoms with E-state index in [0.717, 1.165) is 5.75 Å². The van der Waals surface area contributed by atoms with E-state index in [1.54, 1.807) is 48.4 Å². The number of halogens is 1. The highest BCUT2D eigenvalue weighted by Crippen LogP contribution is 2.14. The molecule has 1 N–H and O–H groups in total. The lowest BCUT2D eigenvalue weighted by molar-refractivity contribution is -0.116. The van der Waals surface area contributed by atoms with Crippen LogP contribution in [0.15, 0.2) is 53.2 Å². The maximum absolute atomic E-state index is 13.4. The highest BCUT2D eigenvalue weighted by atomic mass is 32.2. The van der Waals surface area contributed by atoms with Crippen LogP contribution in [0.3, 0.4) is 0 Å². The molecule has 0 unspecified atom stereocenters. The second kappa shape index (κ2) is 8.32. The van der Waals surface area contributed by atoms with Gasteiger partial charge in [-0.3, -0.25) is 4.79 Å². The van der Waals surface area contributed by atoms with Gasteiger partial charge < -0.3 is 9.73 Å². The summed E-state index contributed by atoms with van der Waals surface area (Å²) in [5.41, 5.74) is 0.687. The number of carbonyl (C=O) groups is 1. The number of rotatable bonds is 7. The third-order valence-corrected chi connectivity index (χ3v) is 3.71. The number of thioether (sulfide) groups is 1. The molecular weight excluding hydrogens is 289 g/mol. The van der Waals surface area contributed by atoms with Crippen LogP contribution in [-0.4, -0.2) is 18.2 Å². The Labute approximate surface area is 127 Å². The van der Waals surface area contributed by atoms with Gasteiger partial charge in [0.25, 0.3) is 0 Å². The van der Waals surface area contributed by atoms with Gasteiger partial charge in [0.2, 0.25) is 5.91 Å². The van der Waals surface area contributed by atoms with Gasteiger partial charge in [0, 0.05) is 24.1 Å². The highest BCUT2D eigenvalue weighted by Gasteiger charge is 2.01. The molecule has 0 saturated heterocycles. The van der Waals surface area contributed by atoms with Crippen LogP contribution in [0.4, 0.5) is 4.39 Å². The Morgan fingerprint density at radius 1 is 1.29 bits per heavy atom. The molecule has 0 aliphatic rings. The third-order valence-electron chi connectivity index (χ3n) is 2.70. The van der Waals surface area contributed by atoms with Crippen LogP contribution in [0.5, 0.6) is 0 Å². The van der Waals surface area contributed by atoms with Crippen molar-refractivity contribution in [3.63, 3.8) is 0 Å². The van der Waals surface area contributed by atoms with Gasteiger partial charge in [-0.15, -0.1) is 0 Å². The zero-order chi connectivity index (χ0) is 14.9. The fraction of sp³-hybridized carbons (Fsp3) is 0.188. The van der Waals surface area contributed by atoms with Crippen molar-refractivity contribution < 1.29 is 13.6 Å². The maximum atomic E-state index is 13.4. The van der Waals surface area contributed by atoms with Crippen LogP contribution in [0.25, 0.3) is 6.08 Å². The van der Waals surface area contributed by atoms with Gasteiger partial charge in [0.15, 0.2) is 0 Å². The topological polar surface area (TPSA) is 42.2 Å². The monoisotopic (exact) mass is 305 g/mol. The molecule has 2 rings (SSSR count). The summed E-state index contributed by atoms with van der Waals surface area (Å²) in [6.45, 7) is 0.542. The van der Waals surface area contributed by atoms with Gasteiger partial charge in [0.05, 0.1) is 6.26 Å². The lowest BCUT2D eigenvalue weighted by Crippen LogP contribution is -2.23. The van der Waals surface area contributed by atoms with Gasteiger partial charge in [-0.2, -0.15) is 11.8 Å². The average Bonchev–Trinajstić information content (AvgIpc) is 3.00. The van der Waals surface area contributed by atoms with Gasteiger partial charge >= 0.3 is 0 Å². The van der Waals surface area contributed by atoms with Crippen molar-refractivity contribution in [1.82, 2.24) is 5.32 Å². The molecule has 1 aromatic carbocycles. The SMILES string of the molecule is O=C(/C=C/c1ccco1)NCCSCc1ccccc1F. The first-order valence-electron chi connectivity index (χ1n) is 6.56. The minimum atomic E-state index is -0.185. The zero-order valence-corrected chi connectivity index (χ0v) is 12.2. The summed E-state index contributed by atoms with van der Waals surface area (Å²) in [6, 6.07) is 10.3. The highest BCUT2D eigenvalue weighted by molar-refractivity contribution is 7.98. The molecule has 2 aromatic rings. The fourth-order valence-electron chi connectivity index (χ4n) is 1.65. The van der Waals surface area contributed by atoms with E-state index < -0.39 is 0 Å². The molecule has 110 valence electrons. The molecule has 1 amide bonds. The van der Waals surface area contributed by atoms with E-state index in [4.69, 9.17) is 4.42 Å². The smallest absolute Gasteiger partial charge is 0.244 e. The van der Waals surface area contributed by atoms with Crippen LogP contribution in [-0.2, 0) is 10.5 Å². The Bertz CT molecular complexity index is 596. The molecule has 0 aliphatic heterocycles. The summed E-state index contributed by atoms with van der Waals surface area (Å²) in [5.74, 6) is 1.62. The van der Waals surface area contributed by atoms with Crippen molar-refractivity contribution in [2.75, 3.05) is 12.3 Å². The molecule has 0 spiro atoms. The minimum absolute atomic E-state index is 0.169. The van der Waals surface area contributed by atoms with Gasteiger partial charge in [0.1, 0.15) is 11.6 Å². The third kappa shape index (κ3) is 5.47. The molecule has 1 heterocycles. The summed E-state index contributed by atoms with van der Waals surface area (Å²) in [6.07, 6.45) is 4.60. The lowest BCUT2D eigenvalue weighted by atomic mass is 10.2. The van der Waals surface area contributed by atoms with Crippen molar-refractivity contribution >= 4 is 23.7 Å². The number of hydrogen-bond acceptors (Lipinski definition) is 3. The predicted molar refractivity (Wildman–Crippen MR) is 83.3 cm³/mol. The van der Waals surface area contributed by atoms with Crippen molar-refractivity contribution in [3.05, 3.63) is 65.9 Å². The first kappa shape index (κ1) is 15.4. The van der Waals surface area contributed by atoms with Crippen LogP contribution >= 0.6 is 11.8 Å². The van der Waals surface area contributed by atoms with Crippen LogP contribution in [0.1, 0.15) is 11.3 Å². The fourth-order valence-corrected chi connectivity index (χ4v) is 2.49. The number of benzene rings is 1. The van der Waals surface area contributed by atoms with Crippen molar-refractivity contribution in [3.8, 4) is 0 Å². The van der Waals surface area contributed by atoms with Gasteiger partial charge in [-0.1, -0.05) is 18.2 Å². The molecular formula is C16H16FNO2S. The molecule has 5 heteroatoms. The summed E-state index contributed by atoms with van der Waals surface area (Å²) in [7, 11) is 0. The summed E-state index contributed by atoms with van der Waals surface area (Å²) in [5, 5.41) is 2.76. The van der Waals surface area contributed by atoms with E-state index >= 15 is 0 Å². The second-order valence-corrected chi connectivity index (χ2v) is 5.39. The Morgan fingerprint density at radius 3 is 2.90 bits per heavy atom. The summed E-state index contributed by atoms with van der Waals surface area (Å²) < 4.78 is 18.4. The molecule has 0 fully saturated rings. The maximum Gasteiger partial charge on any atom is 0.244 e. The van der Waals surface area contributed by atoms with E-state index in [2.05, 4.69) is 5.32 Å². The van der Waals surface area contributed by atoms with E-state index in [9.17, 15) is 9.18 Å².